The van der Waals surface area contributed by atoms with Gasteiger partial charge in [-0.15, -0.1) is 0 Å². The van der Waals surface area contributed by atoms with Crippen molar-refractivity contribution >= 4 is 23.4 Å². The first-order valence-electron chi connectivity index (χ1n) is 8.09. The number of rotatable bonds is 3. The lowest BCUT2D eigenvalue weighted by Gasteiger charge is -2.34. The van der Waals surface area contributed by atoms with Crippen LogP contribution in [0, 0.1) is 5.92 Å². The van der Waals surface area contributed by atoms with Gasteiger partial charge in [0.25, 0.3) is 5.91 Å². The molecule has 1 unspecified atom stereocenters. The lowest BCUT2D eigenvalue weighted by molar-refractivity contribution is -0.118. The molecular formula is C17H18N6O. The van der Waals surface area contributed by atoms with Crippen LogP contribution in [0.1, 0.15) is 0 Å². The third-order valence-corrected chi connectivity index (χ3v) is 4.34. The fourth-order valence-corrected chi connectivity index (χ4v) is 3.05. The third-order valence-electron chi connectivity index (χ3n) is 4.34. The van der Waals surface area contributed by atoms with Crippen molar-refractivity contribution in [2.45, 2.75) is 0 Å². The van der Waals surface area contributed by atoms with Gasteiger partial charge in [-0.25, -0.2) is 15.0 Å². The van der Waals surface area contributed by atoms with E-state index in [0.717, 1.165) is 37.8 Å². The maximum atomic E-state index is 12.1. The molecular weight excluding hydrogens is 304 g/mol. The van der Waals surface area contributed by atoms with Crippen molar-refractivity contribution in [3.05, 3.63) is 42.8 Å². The lowest BCUT2D eigenvalue weighted by Crippen LogP contribution is -2.48. The molecule has 3 heterocycles. The molecule has 3 aliphatic rings. The summed E-state index contributed by atoms with van der Waals surface area (Å²) < 4.78 is 0. The SMILES string of the molecule is O=C1N=C(CN2CCN(c3ncccn3)CC2)N=C2C=CC=CC12. The highest BCUT2D eigenvalue weighted by Crippen LogP contribution is 2.17. The Morgan fingerprint density at radius 2 is 1.83 bits per heavy atom. The van der Waals surface area contributed by atoms with Crippen molar-refractivity contribution < 1.29 is 4.79 Å². The maximum absolute atomic E-state index is 12.1. The number of hydrogen-bond donors (Lipinski definition) is 0. The van der Waals surface area contributed by atoms with Crippen LogP contribution in [0.5, 0.6) is 0 Å². The van der Waals surface area contributed by atoms with E-state index in [4.69, 9.17) is 0 Å². The molecule has 24 heavy (non-hydrogen) atoms. The molecule has 7 nitrogen and oxygen atoms in total. The number of piperazine rings is 1. The van der Waals surface area contributed by atoms with Gasteiger partial charge in [-0.1, -0.05) is 18.2 Å². The number of hydrogen-bond acceptors (Lipinski definition) is 6. The average molecular weight is 322 g/mol. The Labute approximate surface area is 140 Å². The summed E-state index contributed by atoms with van der Waals surface area (Å²) in [5, 5.41) is 0. The van der Waals surface area contributed by atoms with E-state index in [1.807, 2.05) is 30.4 Å². The number of aliphatic imine (C=N–C) groups is 2. The molecule has 4 rings (SSSR count). The number of fused-ring (bicyclic) bond motifs is 1. The topological polar surface area (TPSA) is 74.1 Å². The minimum atomic E-state index is -0.300. The summed E-state index contributed by atoms with van der Waals surface area (Å²) in [7, 11) is 0. The van der Waals surface area contributed by atoms with Crippen LogP contribution in [0.3, 0.4) is 0 Å². The molecule has 1 amide bonds. The Hall–Kier alpha value is -2.67. The molecule has 0 N–H and O–H groups in total. The van der Waals surface area contributed by atoms with Gasteiger partial charge in [0.2, 0.25) is 5.95 Å². The van der Waals surface area contributed by atoms with E-state index in [-0.39, 0.29) is 11.8 Å². The van der Waals surface area contributed by atoms with E-state index in [1.54, 1.807) is 12.4 Å². The van der Waals surface area contributed by atoms with Crippen LogP contribution >= 0.6 is 0 Å². The largest absolute Gasteiger partial charge is 0.338 e. The van der Waals surface area contributed by atoms with Crippen LogP contribution in [-0.2, 0) is 4.79 Å². The Morgan fingerprint density at radius 3 is 2.62 bits per heavy atom. The summed E-state index contributed by atoms with van der Waals surface area (Å²) in [4.78, 5) is 33.8. The van der Waals surface area contributed by atoms with Crippen molar-refractivity contribution in [2.75, 3.05) is 37.6 Å². The molecule has 0 saturated carbocycles. The fourth-order valence-electron chi connectivity index (χ4n) is 3.05. The van der Waals surface area contributed by atoms with E-state index in [2.05, 4.69) is 29.8 Å². The van der Waals surface area contributed by atoms with Gasteiger partial charge >= 0.3 is 0 Å². The first-order valence-corrected chi connectivity index (χ1v) is 8.09. The van der Waals surface area contributed by atoms with Crippen molar-refractivity contribution in [2.24, 2.45) is 15.9 Å². The Kier molecular flexibility index (Phi) is 4.00. The van der Waals surface area contributed by atoms with E-state index < -0.39 is 0 Å². The second-order valence-electron chi connectivity index (χ2n) is 5.94. The smallest absolute Gasteiger partial charge is 0.260 e. The first-order chi connectivity index (χ1) is 11.8. The fraction of sp³-hybridized carbons (Fsp3) is 0.353. The van der Waals surface area contributed by atoms with Crippen molar-refractivity contribution in [1.29, 1.82) is 0 Å². The molecule has 0 bridgehead atoms. The first kappa shape index (κ1) is 14.9. The Bertz CT molecular complexity index is 744. The van der Waals surface area contributed by atoms with E-state index in [9.17, 15) is 4.79 Å². The quantitative estimate of drug-likeness (QED) is 0.820. The van der Waals surface area contributed by atoms with Gasteiger partial charge in [0.05, 0.1) is 12.3 Å². The molecule has 1 fully saturated rings. The number of aromatic nitrogens is 2. The predicted octanol–water partition coefficient (Wildman–Crippen LogP) is 0.720. The molecule has 0 aromatic carbocycles. The second kappa shape index (κ2) is 6.45. The molecule has 1 atom stereocenters. The number of amidine groups is 1. The van der Waals surface area contributed by atoms with Crippen molar-refractivity contribution in [1.82, 2.24) is 14.9 Å². The summed E-state index contributed by atoms with van der Waals surface area (Å²) in [6.07, 6.45) is 11.0. The highest BCUT2D eigenvalue weighted by atomic mass is 16.1. The van der Waals surface area contributed by atoms with Gasteiger partial charge in [-0.2, -0.15) is 4.99 Å². The number of carbonyl (C=O) groups is 1. The van der Waals surface area contributed by atoms with E-state index >= 15 is 0 Å². The van der Waals surface area contributed by atoms with Crippen LogP contribution in [-0.4, -0.2) is 65.0 Å². The number of carbonyl (C=O) groups excluding carboxylic acids is 1. The molecule has 1 aromatic rings. The highest BCUT2D eigenvalue weighted by Gasteiger charge is 2.27. The second-order valence-corrected chi connectivity index (χ2v) is 5.94. The van der Waals surface area contributed by atoms with Crippen LogP contribution in [0.2, 0.25) is 0 Å². The average Bonchev–Trinajstić information content (AvgIpc) is 2.63. The van der Waals surface area contributed by atoms with Gasteiger partial charge in [0, 0.05) is 38.6 Å². The van der Waals surface area contributed by atoms with Gasteiger partial charge in [-0.3, -0.25) is 9.69 Å². The van der Waals surface area contributed by atoms with E-state index in [0.29, 0.717) is 12.4 Å². The lowest BCUT2D eigenvalue weighted by atomic mass is 9.96. The molecule has 0 radical (unpaired) electrons. The molecule has 122 valence electrons. The van der Waals surface area contributed by atoms with Crippen LogP contribution in [0.25, 0.3) is 0 Å². The summed E-state index contributed by atoms with van der Waals surface area (Å²) >= 11 is 0. The minimum Gasteiger partial charge on any atom is -0.338 e. The summed E-state index contributed by atoms with van der Waals surface area (Å²) in [5.74, 6) is 0.956. The summed E-state index contributed by atoms with van der Waals surface area (Å²) in [5.41, 5.74) is 0.795. The van der Waals surface area contributed by atoms with Crippen LogP contribution in [0.15, 0.2) is 52.7 Å². The zero-order valence-electron chi connectivity index (χ0n) is 13.2. The molecule has 1 aromatic heterocycles. The number of allylic oxidation sites excluding steroid dienone is 3. The van der Waals surface area contributed by atoms with Gasteiger partial charge in [-0.05, 0) is 12.1 Å². The van der Waals surface area contributed by atoms with Crippen molar-refractivity contribution in [3.8, 4) is 0 Å². The van der Waals surface area contributed by atoms with Gasteiger partial charge in [0.1, 0.15) is 11.8 Å². The third kappa shape index (κ3) is 3.03. The molecule has 2 aliphatic heterocycles. The van der Waals surface area contributed by atoms with Crippen molar-refractivity contribution in [3.63, 3.8) is 0 Å². The minimum absolute atomic E-state index is 0.119. The van der Waals surface area contributed by atoms with Gasteiger partial charge < -0.3 is 4.90 Å². The standard InChI is InChI=1S/C17H18N6O/c24-16-13-4-1-2-5-14(13)20-15(21-16)12-22-8-10-23(11-9-22)17-18-6-3-7-19-17/h1-7,13H,8-12H2. The van der Waals surface area contributed by atoms with Crippen LogP contribution < -0.4 is 4.90 Å². The number of anilines is 1. The normalized spacial score (nSPS) is 23.8. The van der Waals surface area contributed by atoms with Gasteiger partial charge in [0.15, 0.2) is 0 Å². The summed E-state index contributed by atoms with van der Waals surface area (Å²) in [6, 6.07) is 1.82. The molecule has 1 saturated heterocycles. The zero-order valence-corrected chi connectivity index (χ0v) is 13.2. The Balaban J connectivity index is 1.38. The zero-order chi connectivity index (χ0) is 16.4. The monoisotopic (exact) mass is 322 g/mol. The maximum Gasteiger partial charge on any atom is 0.260 e. The number of nitrogens with zero attached hydrogens (tertiary/aromatic N) is 6. The van der Waals surface area contributed by atoms with Crippen LogP contribution in [0.4, 0.5) is 5.95 Å². The number of amides is 1. The van der Waals surface area contributed by atoms with E-state index in [1.165, 1.54) is 0 Å². The Morgan fingerprint density at radius 1 is 1.04 bits per heavy atom. The predicted molar refractivity (Wildman–Crippen MR) is 92.3 cm³/mol. The highest BCUT2D eigenvalue weighted by molar-refractivity contribution is 6.21. The molecule has 7 heteroatoms. The summed E-state index contributed by atoms with van der Waals surface area (Å²) in [6.45, 7) is 4.05. The molecule has 0 spiro atoms. The molecule has 1 aliphatic carbocycles.